The van der Waals surface area contributed by atoms with Crippen molar-refractivity contribution in [2.24, 2.45) is 11.8 Å². The Labute approximate surface area is 113 Å². The zero-order valence-corrected chi connectivity index (χ0v) is 11.6. The minimum Gasteiger partial charge on any atom is -0.466 e. The summed E-state index contributed by atoms with van der Waals surface area (Å²) in [6, 6.07) is 0. The van der Waals surface area contributed by atoms with E-state index in [1.54, 1.807) is 6.92 Å². The maximum absolute atomic E-state index is 12.1. The first-order valence-corrected chi connectivity index (χ1v) is 7.16. The van der Waals surface area contributed by atoms with Gasteiger partial charge in [-0.15, -0.1) is 0 Å². The molecule has 4 unspecified atom stereocenters. The fourth-order valence-electron chi connectivity index (χ4n) is 2.62. The number of fused-ring (bicyclic) bond motifs is 1. The van der Waals surface area contributed by atoms with Crippen LogP contribution in [0.4, 0.5) is 0 Å². The third kappa shape index (κ3) is 3.47. The number of carbonyl (C=O) groups is 2. The van der Waals surface area contributed by atoms with Crippen molar-refractivity contribution in [3.05, 3.63) is 0 Å². The minimum atomic E-state index is -0.405. The number of hydrogen-bond donors (Lipinski definition) is 0. The lowest BCUT2D eigenvalue weighted by Crippen LogP contribution is -2.37. The maximum Gasteiger partial charge on any atom is 0.309 e. The molecule has 1 aliphatic heterocycles. The fourth-order valence-corrected chi connectivity index (χ4v) is 2.62. The van der Waals surface area contributed by atoms with Gasteiger partial charge in [-0.25, -0.2) is 0 Å². The molecule has 0 aromatic carbocycles. The first kappa shape index (κ1) is 14.3. The number of esters is 2. The number of carbonyl (C=O) groups excluding carboxylic acids is 2. The van der Waals surface area contributed by atoms with Crippen LogP contribution in [0.25, 0.3) is 0 Å². The van der Waals surface area contributed by atoms with Crippen LogP contribution in [-0.2, 0) is 23.8 Å². The molecule has 1 heterocycles. The fraction of sp³-hybridized carbons (Fsp3) is 0.857. The predicted molar refractivity (Wildman–Crippen MR) is 67.4 cm³/mol. The first-order valence-electron chi connectivity index (χ1n) is 7.16. The molecule has 0 spiro atoms. The van der Waals surface area contributed by atoms with Crippen molar-refractivity contribution in [2.45, 2.75) is 51.7 Å². The SMILES string of the molecule is CCCCOC(=O)C1CC2OC2CC1C(=O)OCC. The summed E-state index contributed by atoms with van der Waals surface area (Å²) in [6.07, 6.45) is 3.26. The quantitative estimate of drug-likeness (QED) is 0.417. The molecule has 2 rings (SSSR count). The number of unbranched alkanes of at least 4 members (excludes halogenated alkanes) is 1. The molecule has 1 saturated heterocycles. The molecule has 0 amide bonds. The second kappa shape index (κ2) is 6.37. The van der Waals surface area contributed by atoms with Gasteiger partial charge in [0.05, 0.1) is 37.3 Å². The molecule has 5 nitrogen and oxygen atoms in total. The van der Waals surface area contributed by atoms with Crippen LogP contribution in [0.5, 0.6) is 0 Å². The van der Waals surface area contributed by atoms with E-state index in [4.69, 9.17) is 14.2 Å². The van der Waals surface area contributed by atoms with E-state index in [-0.39, 0.29) is 24.1 Å². The highest BCUT2D eigenvalue weighted by atomic mass is 16.6. The lowest BCUT2D eigenvalue weighted by atomic mass is 9.79. The van der Waals surface area contributed by atoms with Crippen molar-refractivity contribution in [2.75, 3.05) is 13.2 Å². The van der Waals surface area contributed by atoms with Gasteiger partial charge in [0.1, 0.15) is 0 Å². The van der Waals surface area contributed by atoms with Gasteiger partial charge in [-0.05, 0) is 26.2 Å². The molecular formula is C14H22O5. The minimum absolute atomic E-state index is 0.133. The molecule has 5 heteroatoms. The molecule has 2 fully saturated rings. The Morgan fingerprint density at radius 2 is 1.63 bits per heavy atom. The Bertz CT molecular complexity index is 341. The largest absolute Gasteiger partial charge is 0.466 e. The van der Waals surface area contributed by atoms with Crippen molar-refractivity contribution in [1.82, 2.24) is 0 Å². The number of rotatable bonds is 6. The average Bonchev–Trinajstić information content (AvgIpc) is 3.16. The van der Waals surface area contributed by atoms with Gasteiger partial charge in [0.25, 0.3) is 0 Å². The smallest absolute Gasteiger partial charge is 0.309 e. The summed E-state index contributed by atoms with van der Waals surface area (Å²) in [7, 11) is 0. The number of ether oxygens (including phenoxy) is 3. The molecule has 108 valence electrons. The molecule has 1 saturated carbocycles. The van der Waals surface area contributed by atoms with Gasteiger partial charge in [-0.3, -0.25) is 9.59 Å². The van der Waals surface area contributed by atoms with Crippen LogP contribution in [0.3, 0.4) is 0 Å². The van der Waals surface area contributed by atoms with Crippen LogP contribution in [0.2, 0.25) is 0 Å². The topological polar surface area (TPSA) is 65.1 Å². The maximum atomic E-state index is 12.1. The van der Waals surface area contributed by atoms with E-state index in [1.165, 1.54) is 0 Å². The van der Waals surface area contributed by atoms with Gasteiger partial charge in [0.15, 0.2) is 0 Å². The Balaban J connectivity index is 1.93. The van der Waals surface area contributed by atoms with Gasteiger partial charge in [-0.2, -0.15) is 0 Å². The van der Waals surface area contributed by atoms with Crippen LogP contribution in [0.15, 0.2) is 0 Å². The Morgan fingerprint density at radius 1 is 1.05 bits per heavy atom. The second-order valence-electron chi connectivity index (χ2n) is 5.17. The van der Waals surface area contributed by atoms with E-state index >= 15 is 0 Å². The highest BCUT2D eigenvalue weighted by Crippen LogP contribution is 2.43. The van der Waals surface area contributed by atoms with Gasteiger partial charge in [-0.1, -0.05) is 13.3 Å². The summed E-state index contributed by atoms with van der Waals surface area (Å²) in [5, 5.41) is 0. The van der Waals surface area contributed by atoms with E-state index in [2.05, 4.69) is 0 Å². The molecule has 0 aromatic heterocycles. The summed E-state index contributed by atoms with van der Waals surface area (Å²) in [6.45, 7) is 4.57. The summed E-state index contributed by atoms with van der Waals surface area (Å²) >= 11 is 0. The molecular weight excluding hydrogens is 248 g/mol. The first-order chi connectivity index (χ1) is 9.17. The zero-order chi connectivity index (χ0) is 13.8. The predicted octanol–water partition coefficient (Wildman–Crippen LogP) is 1.69. The zero-order valence-electron chi connectivity index (χ0n) is 11.6. The highest BCUT2D eigenvalue weighted by Gasteiger charge is 2.53. The lowest BCUT2D eigenvalue weighted by Gasteiger charge is -2.25. The van der Waals surface area contributed by atoms with Crippen LogP contribution >= 0.6 is 0 Å². The van der Waals surface area contributed by atoms with E-state index in [0.717, 1.165) is 12.8 Å². The molecule has 0 bridgehead atoms. The highest BCUT2D eigenvalue weighted by molar-refractivity contribution is 5.82. The number of epoxide rings is 1. The molecule has 19 heavy (non-hydrogen) atoms. The summed E-state index contributed by atoms with van der Waals surface area (Å²) < 4.78 is 15.7. The summed E-state index contributed by atoms with van der Waals surface area (Å²) in [5.41, 5.74) is 0. The van der Waals surface area contributed by atoms with E-state index in [1.807, 2.05) is 6.92 Å². The Morgan fingerprint density at radius 3 is 2.16 bits per heavy atom. The van der Waals surface area contributed by atoms with Crippen molar-refractivity contribution < 1.29 is 23.8 Å². The van der Waals surface area contributed by atoms with E-state index < -0.39 is 11.8 Å². The molecule has 0 N–H and O–H groups in total. The van der Waals surface area contributed by atoms with Gasteiger partial charge >= 0.3 is 11.9 Å². The second-order valence-corrected chi connectivity index (χ2v) is 5.17. The monoisotopic (exact) mass is 270 g/mol. The van der Waals surface area contributed by atoms with E-state index in [9.17, 15) is 9.59 Å². The molecule has 0 radical (unpaired) electrons. The van der Waals surface area contributed by atoms with Crippen LogP contribution < -0.4 is 0 Å². The van der Waals surface area contributed by atoms with Crippen molar-refractivity contribution >= 4 is 11.9 Å². The van der Waals surface area contributed by atoms with E-state index in [0.29, 0.717) is 26.1 Å². The summed E-state index contributed by atoms with van der Waals surface area (Å²) in [5.74, 6) is -1.38. The van der Waals surface area contributed by atoms with Crippen LogP contribution in [-0.4, -0.2) is 37.4 Å². The van der Waals surface area contributed by atoms with Crippen molar-refractivity contribution in [1.29, 1.82) is 0 Å². The third-order valence-electron chi connectivity index (χ3n) is 3.78. The molecule has 0 aromatic rings. The third-order valence-corrected chi connectivity index (χ3v) is 3.78. The Hall–Kier alpha value is -1.10. The molecule has 4 atom stereocenters. The van der Waals surface area contributed by atoms with Gasteiger partial charge in [0, 0.05) is 0 Å². The van der Waals surface area contributed by atoms with Crippen molar-refractivity contribution in [3.8, 4) is 0 Å². The summed E-state index contributed by atoms with van der Waals surface area (Å²) in [4.78, 5) is 24.0. The van der Waals surface area contributed by atoms with Crippen LogP contribution in [0.1, 0.15) is 39.5 Å². The van der Waals surface area contributed by atoms with Crippen LogP contribution in [0, 0.1) is 11.8 Å². The molecule has 2 aliphatic rings. The normalized spacial score (nSPS) is 32.3. The standard InChI is InChI=1S/C14H22O5/c1-3-5-6-18-14(16)10-8-12-11(19-12)7-9(10)13(15)17-4-2/h9-12H,3-8H2,1-2H3. The Kier molecular flexibility index (Phi) is 4.80. The van der Waals surface area contributed by atoms with Gasteiger partial charge in [0.2, 0.25) is 0 Å². The molecule has 1 aliphatic carbocycles. The van der Waals surface area contributed by atoms with Gasteiger partial charge < -0.3 is 14.2 Å². The van der Waals surface area contributed by atoms with Crippen molar-refractivity contribution in [3.63, 3.8) is 0 Å². The average molecular weight is 270 g/mol. The lowest BCUT2D eigenvalue weighted by molar-refractivity contribution is -0.162. The number of hydrogen-bond acceptors (Lipinski definition) is 5.